The van der Waals surface area contributed by atoms with Gasteiger partial charge in [-0.15, -0.1) is 0 Å². The van der Waals surface area contributed by atoms with Gasteiger partial charge >= 0.3 is 7.60 Å². The van der Waals surface area contributed by atoms with Crippen LogP contribution in [-0.2, 0) is 23.6 Å². The highest BCUT2D eigenvalue weighted by molar-refractivity contribution is 7.89. The van der Waals surface area contributed by atoms with Crippen LogP contribution in [0.15, 0.2) is 58.9 Å². The van der Waals surface area contributed by atoms with Crippen molar-refractivity contribution < 1.29 is 22.0 Å². The van der Waals surface area contributed by atoms with Crippen molar-refractivity contribution in [3.63, 3.8) is 0 Å². The second-order valence-electron chi connectivity index (χ2n) is 5.43. The third-order valence-corrected chi connectivity index (χ3v) is 7.12. The normalized spacial score (nSPS) is 16.2. The average molecular weight is 385 g/mol. The summed E-state index contributed by atoms with van der Waals surface area (Å²) in [5, 5.41) is 0. The first-order valence-electron chi connectivity index (χ1n) is 8.27. The molecule has 0 amide bonds. The summed E-state index contributed by atoms with van der Waals surface area (Å²) in [6.45, 7) is 4.45. The number of benzene rings is 1. The Morgan fingerprint density at radius 1 is 1.16 bits per heavy atom. The standard InChI is InChI=1S/C17H24NO5PS/c1-3-22-24(19,23-4-2)14-12-16-9-8-13-18(15-16)25(20,21)17-10-6-5-7-11-17/h5-7,10-12,14-15H,3-4,8-9,13H2,1-2H3/b14-12+. The van der Waals surface area contributed by atoms with Crippen LogP contribution >= 0.6 is 7.60 Å². The summed E-state index contributed by atoms with van der Waals surface area (Å²) in [6, 6.07) is 8.32. The van der Waals surface area contributed by atoms with Gasteiger partial charge in [0.1, 0.15) is 0 Å². The fourth-order valence-corrected chi connectivity index (χ4v) is 5.22. The van der Waals surface area contributed by atoms with E-state index < -0.39 is 17.6 Å². The fraction of sp³-hybridized carbons (Fsp3) is 0.412. The number of rotatable bonds is 8. The Hall–Kier alpha value is -1.40. The molecule has 1 aromatic carbocycles. The van der Waals surface area contributed by atoms with Gasteiger partial charge in [-0.2, -0.15) is 0 Å². The maximum atomic E-state index is 12.7. The van der Waals surface area contributed by atoms with Crippen LogP contribution in [0.25, 0.3) is 0 Å². The Morgan fingerprint density at radius 3 is 2.40 bits per heavy atom. The molecule has 0 fully saturated rings. The van der Waals surface area contributed by atoms with Gasteiger partial charge in [-0.25, -0.2) is 8.42 Å². The molecule has 0 aliphatic carbocycles. The minimum absolute atomic E-state index is 0.255. The minimum atomic E-state index is -3.58. The SMILES string of the molecule is CCOP(=O)(/C=C/C1=CN(S(=O)(=O)c2ccccc2)CCC1)OCC. The van der Waals surface area contributed by atoms with E-state index in [1.807, 2.05) is 0 Å². The van der Waals surface area contributed by atoms with E-state index in [0.29, 0.717) is 19.4 Å². The molecule has 6 nitrogen and oxygen atoms in total. The lowest BCUT2D eigenvalue weighted by Gasteiger charge is -2.25. The van der Waals surface area contributed by atoms with Crippen molar-refractivity contribution in [1.29, 1.82) is 0 Å². The molecule has 25 heavy (non-hydrogen) atoms. The number of sulfonamides is 1. The Bertz CT molecular complexity index is 763. The van der Waals surface area contributed by atoms with Crippen molar-refractivity contribution in [3.8, 4) is 0 Å². The Morgan fingerprint density at radius 2 is 1.80 bits per heavy atom. The second-order valence-corrected chi connectivity index (χ2v) is 9.21. The number of hydrogen-bond donors (Lipinski definition) is 0. The highest BCUT2D eigenvalue weighted by Crippen LogP contribution is 2.50. The van der Waals surface area contributed by atoms with E-state index in [1.165, 1.54) is 10.1 Å². The summed E-state index contributed by atoms with van der Waals surface area (Å²) in [6.07, 6.45) is 4.62. The topological polar surface area (TPSA) is 72.9 Å². The van der Waals surface area contributed by atoms with Gasteiger partial charge in [-0.3, -0.25) is 8.87 Å². The number of nitrogens with zero attached hydrogens (tertiary/aromatic N) is 1. The molecule has 1 aliphatic rings. The van der Waals surface area contributed by atoms with Crippen molar-refractivity contribution in [2.24, 2.45) is 0 Å². The maximum absolute atomic E-state index is 12.7. The molecule has 0 saturated carbocycles. The largest absolute Gasteiger partial charge is 0.354 e. The van der Waals surface area contributed by atoms with E-state index in [2.05, 4.69) is 0 Å². The van der Waals surface area contributed by atoms with Crippen LogP contribution in [0.3, 0.4) is 0 Å². The highest BCUT2D eigenvalue weighted by Gasteiger charge is 2.24. The summed E-state index contributed by atoms with van der Waals surface area (Å²) >= 11 is 0. The van der Waals surface area contributed by atoms with Crippen molar-refractivity contribution in [1.82, 2.24) is 4.31 Å². The molecule has 1 aliphatic heterocycles. The molecule has 138 valence electrons. The molecule has 8 heteroatoms. The Kier molecular flexibility index (Phi) is 7.02. The molecule has 0 saturated heterocycles. The van der Waals surface area contributed by atoms with Crippen LogP contribution in [0.5, 0.6) is 0 Å². The molecule has 0 atom stereocenters. The van der Waals surface area contributed by atoms with Crippen LogP contribution in [0.2, 0.25) is 0 Å². The zero-order valence-electron chi connectivity index (χ0n) is 14.5. The summed E-state index contributed by atoms with van der Waals surface area (Å²) in [4.78, 5) is 0.255. The maximum Gasteiger partial charge on any atom is 0.354 e. The van der Waals surface area contributed by atoms with Crippen molar-refractivity contribution in [2.75, 3.05) is 19.8 Å². The molecule has 0 spiro atoms. The van der Waals surface area contributed by atoms with Crippen LogP contribution in [0.4, 0.5) is 0 Å². The van der Waals surface area contributed by atoms with Gasteiger partial charge in [0.2, 0.25) is 0 Å². The summed E-state index contributed by atoms with van der Waals surface area (Å²) in [7, 11) is -6.87. The quantitative estimate of drug-likeness (QED) is 0.629. The van der Waals surface area contributed by atoms with Crippen molar-refractivity contribution >= 4 is 17.6 Å². The first kappa shape index (κ1) is 19.9. The highest BCUT2D eigenvalue weighted by atomic mass is 32.2. The summed E-state index contributed by atoms with van der Waals surface area (Å²) < 4.78 is 49.6. The smallest absolute Gasteiger partial charge is 0.306 e. The van der Waals surface area contributed by atoms with Crippen LogP contribution in [0, 0.1) is 0 Å². The lowest BCUT2D eigenvalue weighted by Crippen LogP contribution is -2.29. The molecule has 1 aromatic rings. The minimum Gasteiger partial charge on any atom is -0.306 e. The monoisotopic (exact) mass is 385 g/mol. The van der Waals surface area contributed by atoms with E-state index in [4.69, 9.17) is 9.05 Å². The zero-order valence-corrected chi connectivity index (χ0v) is 16.2. The third kappa shape index (κ3) is 5.28. The van der Waals surface area contributed by atoms with Gasteiger partial charge in [0.05, 0.1) is 18.1 Å². The first-order valence-corrected chi connectivity index (χ1v) is 11.3. The van der Waals surface area contributed by atoms with Crippen LogP contribution in [-0.4, -0.2) is 32.5 Å². The van der Waals surface area contributed by atoms with Crippen LogP contribution in [0.1, 0.15) is 26.7 Å². The number of allylic oxidation sites excluding steroid dienone is 2. The van der Waals surface area contributed by atoms with E-state index in [9.17, 15) is 13.0 Å². The van der Waals surface area contributed by atoms with Gasteiger partial charge in [-0.05, 0) is 50.5 Å². The lowest BCUT2D eigenvalue weighted by atomic mass is 10.1. The van der Waals surface area contributed by atoms with E-state index in [0.717, 1.165) is 5.57 Å². The van der Waals surface area contributed by atoms with E-state index >= 15 is 0 Å². The molecule has 2 rings (SSSR count). The molecule has 0 aromatic heterocycles. The van der Waals surface area contributed by atoms with E-state index in [-0.39, 0.29) is 18.1 Å². The molecule has 0 bridgehead atoms. The molecule has 0 unspecified atom stereocenters. The van der Waals surface area contributed by atoms with Gasteiger partial charge in [0.25, 0.3) is 10.0 Å². The Balaban J connectivity index is 2.23. The fourth-order valence-electron chi connectivity index (χ4n) is 2.47. The predicted octanol–water partition coefficient (Wildman–Crippen LogP) is 4.13. The third-order valence-electron chi connectivity index (χ3n) is 3.59. The van der Waals surface area contributed by atoms with E-state index in [1.54, 1.807) is 56.5 Å². The van der Waals surface area contributed by atoms with Gasteiger partial charge in [-0.1, -0.05) is 18.2 Å². The van der Waals surface area contributed by atoms with Gasteiger partial charge in [0, 0.05) is 18.6 Å². The van der Waals surface area contributed by atoms with Gasteiger partial charge < -0.3 is 9.05 Å². The molecule has 1 heterocycles. The summed E-state index contributed by atoms with van der Waals surface area (Å²) in [5.74, 6) is 1.41. The molecular formula is C17H24NO5PS. The van der Waals surface area contributed by atoms with Crippen LogP contribution < -0.4 is 0 Å². The predicted molar refractivity (Wildman–Crippen MR) is 97.6 cm³/mol. The number of hydrogen-bond acceptors (Lipinski definition) is 5. The molecular weight excluding hydrogens is 361 g/mol. The first-order chi connectivity index (χ1) is 11.9. The van der Waals surface area contributed by atoms with Crippen molar-refractivity contribution in [2.45, 2.75) is 31.6 Å². The average Bonchev–Trinajstić information content (AvgIpc) is 2.61. The lowest BCUT2D eigenvalue weighted by molar-refractivity contribution is 0.229. The second kappa shape index (κ2) is 8.81. The molecule has 0 radical (unpaired) electrons. The zero-order chi connectivity index (χ0) is 18.3. The van der Waals surface area contributed by atoms with Crippen molar-refractivity contribution in [3.05, 3.63) is 54.0 Å². The summed E-state index contributed by atoms with van der Waals surface area (Å²) in [5.41, 5.74) is 0.769. The molecule has 0 N–H and O–H groups in total. The Labute approximate surface area is 149 Å². The van der Waals surface area contributed by atoms with Gasteiger partial charge in [0.15, 0.2) is 0 Å².